The molecule has 0 aliphatic carbocycles. The van der Waals surface area contributed by atoms with Gasteiger partial charge in [-0.1, -0.05) is 35.2 Å². The van der Waals surface area contributed by atoms with Gasteiger partial charge in [-0.2, -0.15) is 0 Å². The van der Waals surface area contributed by atoms with Gasteiger partial charge < -0.3 is 9.64 Å². The van der Waals surface area contributed by atoms with E-state index in [2.05, 4.69) is 10.0 Å². The predicted molar refractivity (Wildman–Crippen MR) is 96.3 cm³/mol. The Morgan fingerprint density at radius 3 is 2.42 bits per heavy atom. The minimum atomic E-state index is -0.602. The highest BCUT2D eigenvalue weighted by Crippen LogP contribution is 2.21. The average Bonchev–Trinajstić information content (AvgIpc) is 2.41. The Hall–Kier alpha value is -1.62. The van der Waals surface area contributed by atoms with Crippen molar-refractivity contribution in [1.29, 1.82) is 0 Å². The van der Waals surface area contributed by atoms with Crippen molar-refractivity contribution in [3.63, 3.8) is 0 Å². The maximum absolute atomic E-state index is 12.5. The Morgan fingerprint density at radius 1 is 1.33 bits per heavy atom. The summed E-state index contributed by atoms with van der Waals surface area (Å²) in [7, 11) is 0. The van der Waals surface area contributed by atoms with Crippen molar-refractivity contribution in [2.45, 2.75) is 39.8 Å². The van der Waals surface area contributed by atoms with Crippen LogP contribution in [0.15, 0.2) is 23.3 Å². The van der Waals surface area contributed by atoms with Crippen LogP contribution in [0.4, 0.5) is 4.79 Å². The zero-order valence-corrected chi connectivity index (χ0v) is 15.8. The van der Waals surface area contributed by atoms with Crippen molar-refractivity contribution >= 4 is 29.3 Å². The highest BCUT2D eigenvalue weighted by atomic mass is 35.5. The molecule has 1 atom stereocenters. The summed E-state index contributed by atoms with van der Waals surface area (Å²) >= 11 is 12.0. The third-order valence-corrected chi connectivity index (χ3v) is 3.37. The van der Waals surface area contributed by atoms with Crippen LogP contribution in [-0.4, -0.2) is 29.7 Å². The number of hydrogen-bond donors (Lipinski definition) is 0. The van der Waals surface area contributed by atoms with E-state index in [0.29, 0.717) is 29.7 Å². The van der Waals surface area contributed by atoms with Gasteiger partial charge in [0.05, 0.1) is 0 Å². The lowest BCUT2D eigenvalue weighted by Crippen LogP contribution is -2.39. The molecule has 0 saturated heterocycles. The molecule has 0 aromatic heterocycles. The summed E-state index contributed by atoms with van der Waals surface area (Å²) in [6.45, 7) is 8.31. The largest absolute Gasteiger partial charge is 0.444 e. The Bertz CT molecular complexity index is 605. The number of halogens is 2. The molecular weight excluding hydrogens is 351 g/mol. The number of carbonyl (C=O) groups is 1. The monoisotopic (exact) mass is 372 g/mol. The van der Waals surface area contributed by atoms with Crippen LogP contribution in [0.2, 0.25) is 10.0 Å². The number of azide groups is 1. The molecule has 1 aromatic carbocycles. The van der Waals surface area contributed by atoms with Crippen molar-refractivity contribution in [1.82, 2.24) is 4.90 Å². The van der Waals surface area contributed by atoms with E-state index < -0.39 is 11.7 Å². The molecule has 0 aliphatic rings. The van der Waals surface area contributed by atoms with Crippen LogP contribution in [0.5, 0.6) is 0 Å². The van der Waals surface area contributed by atoms with Gasteiger partial charge in [-0.15, -0.1) is 0 Å². The Kier molecular flexibility index (Phi) is 7.67. The number of carbonyl (C=O) groups excluding carboxylic acids is 1. The van der Waals surface area contributed by atoms with E-state index in [-0.39, 0.29) is 5.92 Å². The molecule has 0 aliphatic heterocycles. The summed E-state index contributed by atoms with van der Waals surface area (Å²) < 4.78 is 5.46. The lowest BCUT2D eigenvalue weighted by Gasteiger charge is -2.29. The van der Waals surface area contributed by atoms with Crippen LogP contribution < -0.4 is 0 Å². The molecule has 1 rings (SSSR count). The molecule has 24 heavy (non-hydrogen) atoms. The van der Waals surface area contributed by atoms with Crippen LogP contribution >= 0.6 is 23.2 Å². The van der Waals surface area contributed by atoms with E-state index in [1.807, 2.05) is 27.7 Å². The summed E-state index contributed by atoms with van der Waals surface area (Å²) in [5.41, 5.74) is 8.63. The molecule has 0 bridgehead atoms. The smallest absolute Gasteiger partial charge is 0.410 e. The minimum Gasteiger partial charge on any atom is -0.444 e. The van der Waals surface area contributed by atoms with Gasteiger partial charge >= 0.3 is 6.09 Å². The van der Waals surface area contributed by atoms with Crippen LogP contribution in [0.3, 0.4) is 0 Å². The number of ether oxygens (including phenoxy) is 1. The molecule has 0 spiro atoms. The lowest BCUT2D eigenvalue weighted by atomic mass is 10.1. The van der Waals surface area contributed by atoms with Gasteiger partial charge in [-0.25, -0.2) is 4.79 Å². The molecule has 8 heteroatoms. The van der Waals surface area contributed by atoms with Gasteiger partial charge in [-0.3, -0.25) is 0 Å². The predicted octanol–water partition coefficient (Wildman–Crippen LogP) is 5.68. The average molecular weight is 373 g/mol. The van der Waals surface area contributed by atoms with E-state index in [9.17, 15) is 4.79 Å². The molecule has 1 aromatic rings. The van der Waals surface area contributed by atoms with E-state index >= 15 is 0 Å². The Morgan fingerprint density at radius 2 is 1.92 bits per heavy atom. The third-order valence-electron chi connectivity index (χ3n) is 2.94. The summed E-state index contributed by atoms with van der Waals surface area (Å²) in [6, 6.07) is 5.14. The number of benzene rings is 1. The van der Waals surface area contributed by atoms with Gasteiger partial charge in [0.2, 0.25) is 0 Å². The lowest BCUT2D eigenvalue weighted by molar-refractivity contribution is 0.0209. The van der Waals surface area contributed by atoms with E-state index in [1.54, 1.807) is 23.1 Å². The molecule has 1 unspecified atom stereocenters. The van der Waals surface area contributed by atoms with Crippen molar-refractivity contribution in [3.05, 3.63) is 44.3 Å². The first-order valence-corrected chi connectivity index (χ1v) is 8.30. The molecular formula is C16H22Cl2N4O2. The molecule has 0 heterocycles. The maximum atomic E-state index is 12.5. The Labute approximate surface area is 152 Å². The van der Waals surface area contributed by atoms with E-state index in [1.165, 1.54) is 0 Å². The normalized spacial score (nSPS) is 12.2. The van der Waals surface area contributed by atoms with Gasteiger partial charge in [0.15, 0.2) is 0 Å². The van der Waals surface area contributed by atoms with Gasteiger partial charge in [0.25, 0.3) is 0 Å². The minimum absolute atomic E-state index is 0.0110. The molecule has 0 fully saturated rings. The van der Waals surface area contributed by atoms with Crippen LogP contribution in [-0.2, 0) is 11.3 Å². The first-order chi connectivity index (χ1) is 11.1. The van der Waals surface area contributed by atoms with Crippen molar-refractivity contribution in [3.8, 4) is 0 Å². The highest BCUT2D eigenvalue weighted by Gasteiger charge is 2.23. The van der Waals surface area contributed by atoms with Gasteiger partial charge in [0, 0.05) is 34.6 Å². The van der Waals surface area contributed by atoms with Crippen molar-refractivity contribution in [2.75, 3.05) is 13.1 Å². The molecule has 1 amide bonds. The molecule has 0 radical (unpaired) electrons. The number of rotatable bonds is 6. The van der Waals surface area contributed by atoms with Crippen LogP contribution in [0.1, 0.15) is 33.3 Å². The molecule has 0 saturated carbocycles. The molecule has 132 valence electrons. The molecule has 0 N–H and O–H groups in total. The van der Waals surface area contributed by atoms with Crippen LogP contribution in [0, 0.1) is 5.92 Å². The van der Waals surface area contributed by atoms with Gasteiger partial charge in [0.1, 0.15) is 5.60 Å². The summed E-state index contributed by atoms with van der Waals surface area (Å²) in [6.07, 6.45) is -0.439. The van der Waals surface area contributed by atoms with Gasteiger partial charge in [-0.05, 0) is 56.0 Å². The number of hydrogen-bond acceptors (Lipinski definition) is 3. The summed E-state index contributed by atoms with van der Waals surface area (Å²) in [5, 5.41) is 4.56. The highest BCUT2D eigenvalue weighted by molar-refractivity contribution is 6.34. The van der Waals surface area contributed by atoms with Crippen molar-refractivity contribution < 1.29 is 9.53 Å². The van der Waals surface area contributed by atoms with Crippen molar-refractivity contribution in [2.24, 2.45) is 11.0 Å². The molecule has 6 nitrogen and oxygen atoms in total. The second-order valence-electron chi connectivity index (χ2n) is 6.66. The Balaban J connectivity index is 2.94. The van der Waals surface area contributed by atoms with Crippen LogP contribution in [0.25, 0.3) is 10.4 Å². The third kappa shape index (κ3) is 7.77. The zero-order valence-electron chi connectivity index (χ0n) is 14.3. The first kappa shape index (κ1) is 20.4. The SMILES string of the molecule is CC(CN=[N+]=[N-])CN(Cc1cc(Cl)cc(Cl)c1)C(=O)OC(C)(C)C. The summed E-state index contributed by atoms with van der Waals surface area (Å²) in [5.74, 6) is -0.0110. The fraction of sp³-hybridized carbons (Fsp3) is 0.562. The summed E-state index contributed by atoms with van der Waals surface area (Å²) in [4.78, 5) is 16.8. The second kappa shape index (κ2) is 9.02. The quantitative estimate of drug-likeness (QED) is 0.365. The fourth-order valence-corrected chi connectivity index (χ4v) is 2.63. The van der Waals surface area contributed by atoms with E-state index in [0.717, 1.165) is 5.56 Å². The number of nitrogens with zero attached hydrogens (tertiary/aromatic N) is 4. The topological polar surface area (TPSA) is 78.3 Å². The second-order valence-corrected chi connectivity index (χ2v) is 7.53. The van der Waals surface area contributed by atoms with E-state index in [4.69, 9.17) is 33.5 Å². The zero-order chi connectivity index (χ0) is 18.3. The standard InChI is InChI=1S/C16H22Cl2N4O2/c1-11(8-20-21-19)9-22(15(23)24-16(2,3)4)10-12-5-13(17)7-14(18)6-12/h5-7,11H,8-10H2,1-4H3. The first-order valence-electron chi connectivity index (χ1n) is 7.54. The fourth-order valence-electron chi connectivity index (χ4n) is 2.06. The number of amides is 1. The maximum Gasteiger partial charge on any atom is 0.410 e.